The SMILES string of the molecule is BrNCCN(CCNBr)CCN(CCNBr)CCNBr.Cc1ccc(S(=O)(=O)NCCN(CCNS(=O)(=O)c2ccc(C)cc2)CCN(CCNS(=O)(=O)c2ccc(C)cc2)CCNS(=O)(=O)c2ccc(C)cc2)cc1. The second-order valence-corrected chi connectivity index (χ2v) is 27.1. The molecule has 4 aromatic rings. The maximum absolute atomic E-state index is 13.0. The molecule has 4 aromatic carbocycles. The first kappa shape index (κ1) is 68.4. The van der Waals surface area contributed by atoms with E-state index >= 15 is 0 Å². The fourth-order valence-corrected chi connectivity index (χ4v) is 12.1. The molecule has 0 saturated heterocycles. The van der Waals surface area contributed by atoms with Crippen LogP contribution in [0.15, 0.2) is 117 Å². The van der Waals surface area contributed by atoms with E-state index in [4.69, 9.17) is 0 Å². The van der Waals surface area contributed by atoms with Crippen molar-refractivity contribution in [3.63, 3.8) is 0 Å². The third kappa shape index (κ3) is 27.1. The van der Waals surface area contributed by atoms with Gasteiger partial charge in [-0.3, -0.25) is 37.0 Å². The number of rotatable bonds is 38. The fourth-order valence-electron chi connectivity index (χ4n) is 7.26. The van der Waals surface area contributed by atoms with E-state index in [1.54, 1.807) is 48.5 Å². The van der Waals surface area contributed by atoms with Crippen LogP contribution in [0.4, 0.5) is 0 Å². The topological polar surface area (TPSA) is 246 Å². The molecule has 0 amide bonds. The highest BCUT2D eigenvalue weighted by atomic mass is 79.9. The molecule has 28 heteroatoms. The predicted octanol–water partition coefficient (Wildman–Crippen LogP) is 3.93. The van der Waals surface area contributed by atoms with E-state index in [-0.39, 0.29) is 71.9 Å². The number of hydrogen-bond donors (Lipinski definition) is 8. The molecule has 0 aliphatic heterocycles. The molecular formula is C48H76Br4N12O8S4. The second kappa shape index (κ2) is 36.5. The van der Waals surface area contributed by atoms with Crippen molar-refractivity contribution in [2.75, 3.05) is 131 Å². The maximum atomic E-state index is 13.0. The Morgan fingerprint density at radius 2 is 0.434 bits per heavy atom. The van der Waals surface area contributed by atoms with Crippen LogP contribution in [0.25, 0.3) is 0 Å². The molecule has 4 rings (SSSR count). The number of halogens is 4. The van der Waals surface area contributed by atoms with Crippen molar-refractivity contribution < 1.29 is 33.7 Å². The van der Waals surface area contributed by atoms with Crippen molar-refractivity contribution in [2.24, 2.45) is 0 Å². The van der Waals surface area contributed by atoms with E-state index in [9.17, 15) is 33.7 Å². The van der Waals surface area contributed by atoms with Crippen molar-refractivity contribution in [3.05, 3.63) is 119 Å². The van der Waals surface area contributed by atoms with Crippen molar-refractivity contribution in [3.8, 4) is 0 Å². The molecule has 0 radical (unpaired) electrons. The zero-order valence-electron chi connectivity index (χ0n) is 43.6. The van der Waals surface area contributed by atoms with Gasteiger partial charge in [0.2, 0.25) is 40.1 Å². The Hall–Kier alpha value is -1.88. The summed E-state index contributed by atoms with van der Waals surface area (Å²) in [5.74, 6) is 0. The molecule has 76 heavy (non-hydrogen) atoms. The van der Waals surface area contributed by atoms with Gasteiger partial charge in [0, 0.05) is 195 Å². The molecule has 0 bridgehead atoms. The summed E-state index contributed by atoms with van der Waals surface area (Å²) in [7, 11) is -15.3. The normalized spacial score (nSPS) is 12.5. The minimum Gasteiger partial charge on any atom is -0.299 e. The largest absolute Gasteiger partial charge is 0.299 e. The Bertz CT molecular complexity index is 2340. The van der Waals surface area contributed by atoms with Gasteiger partial charge in [0.1, 0.15) is 0 Å². The highest BCUT2D eigenvalue weighted by molar-refractivity contribution is 9.08. The van der Waals surface area contributed by atoms with E-state index in [2.05, 4.69) is 111 Å². The fraction of sp³-hybridized carbons (Fsp3) is 0.500. The Kier molecular flexibility index (Phi) is 32.8. The van der Waals surface area contributed by atoms with E-state index in [0.717, 1.165) is 87.7 Å². The number of hydrogen-bond acceptors (Lipinski definition) is 16. The van der Waals surface area contributed by atoms with Crippen LogP contribution in [0, 0.1) is 27.7 Å². The average Bonchev–Trinajstić information content (AvgIpc) is 3.38. The number of nitrogens with one attached hydrogen (secondary N) is 8. The number of benzene rings is 4. The standard InChI is InChI=1S/C38H52N6O8S4.C10H24Br4N6/c1-31-5-13-35(14-6-31)53(45,46)39-21-25-43(26-22-40-54(47,48)36-15-7-32(2)8-16-36)29-30-44(27-23-41-55(49,50)37-17-9-33(3)10-18-37)28-24-42-56(51,52)38-19-11-34(4)12-20-38;11-15-1-5-19(6-2-16-12)9-10-20(7-3-17-13)8-4-18-14/h5-20,39-42H,21-30H2,1-4H3;15-18H,1-10H2. The summed E-state index contributed by atoms with van der Waals surface area (Å²) in [6, 6.07) is 25.8. The van der Waals surface area contributed by atoms with Gasteiger partial charge in [-0.15, -0.1) is 0 Å². The first-order valence-corrected chi connectivity index (χ1v) is 33.7. The van der Waals surface area contributed by atoms with Gasteiger partial charge in [0.25, 0.3) is 0 Å². The van der Waals surface area contributed by atoms with E-state index < -0.39 is 40.1 Å². The summed E-state index contributed by atoms with van der Waals surface area (Å²) in [6.45, 7) is 19.0. The van der Waals surface area contributed by atoms with Gasteiger partial charge in [0.15, 0.2) is 0 Å². The molecule has 0 aromatic heterocycles. The van der Waals surface area contributed by atoms with Crippen molar-refractivity contribution in [1.29, 1.82) is 0 Å². The number of nitrogens with zero attached hydrogens (tertiary/aromatic N) is 4. The minimum atomic E-state index is -3.82. The molecule has 8 N–H and O–H groups in total. The highest BCUT2D eigenvalue weighted by Gasteiger charge is 2.20. The Labute approximate surface area is 487 Å². The van der Waals surface area contributed by atoms with E-state index in [0.29, 0.717) is 13.1 Å². The number of aryl methyl sites for hydroxylation is 4. The molecule has 0 unspecified atom stereocenters. The third-order valence-corrected chi connectivity index (χ3v) is 19.3. The Balaban J connectivity index is 0.000000641. The van der Waals surface area contributed by atoms with Crippen LogP contribution in [-0.2, 0) is 40.1 Å². The molecular weight excluding hydrogens is 1320 g/mol. The van der Waals surface area contributed by atoms with Crippen molar-refractivity contribution in [1.82, 2.24) is 55.9 Å². The molecule has 0 atom stereocenters. The van der Waals surface area contributed by atoms with Gasteiger partial charge in [-0.2, -0.15) is 0 Å². The van der Waals surface area contributed by atoms with Gasteiger partial charge in [-0.25, -0.2) is 52.6 Å². The van der Waals surface area contributed by atoms with Crippen LogP contribution in [0.1, 0.15) is 22.3 Å². The lowest BCUT2D eigenvalue weighted by molar-refractivity contribution is 0.211. The molecule has 0 spiro atoms. The first-order chi connectivity index (χ1) is 36.1. The van der Waals surface area contributed by atoms with Crippen LogP contribution < -0.4 is 36.3 Å². The van der Waals surface area contributed by atoms with Crippen molar-refractivity contribution >= 4 is 105 Å². The summed E-state index contributed by atoms with van der Waals surface area (Å²) < 4.78 is 127. The van der Waals surface area contributed by atoms with Crippen molar-refractivity contribution in [2.45, 2.75) is 47.3 Å². The minimum absolute atomic E-state index is 0.0214. The number of sulfonamides is 4. The summed E-state index contributed by atoms with van der Waals surface area (Å²) in [5, 5.41) is 0. The van der Waals surface area contributed by atoms with Gasteiger partial charge in [0.05, 0.1) is 19.6 Å². The smallest absolute Gasteiger partial charge is 0.240 e. The van der Waals surface area contributed by atoms with Crippen LogP contribution in [0.5, 0.6) is 0 Å². The lowest BCUT2D eigenvalue weighted by Crippen LogP contribution is -2.45. The Morgan fingerprint density at radius 1 is 0.276 bits per heavy atom. The molecule has 20 nitrogen and oxygen atoms in total. The quantitative estimate of drug-likeness (QED) is 0.0297. The summed E-state index contributed by atoms with van der Waals surface area (Å²) in [6.07, 6.45) is 0. The maximum Gasteiger partial charge on any atom is 0.240 e. The Morgan fingerprint density at radius 3 is 0.592 bits per heavy atom. The summed E-state index contributed by atoms with van der Waals surface area (Å²) in [4.78, 5) is 9.13. The van der Waals surface area contributed by atoms with Gasteiger partial charge in [-0.05, 0) is 76.2 Å². The summed E-state index contributed by atoms with van der Waals surface area (Å²) in [5.41, 5.74) is 3.66. The molecule has 0 saturated carbocycles. The average molecular weight is 1400 g/mol. The van der Waals surface area contributed by atoms with Crippen LogP contribution in [-0.4, -0.2) is 184 Å². The van der Waals surface area contributed by atoms with Gasteiger partial charge < -0.3 is 0 Å². The second-order valence-electron chi connectivity index (χ2n) is 17.7. The third-order valence-electron chi connectivity index (χ3n) is 11.8. The molecule has 0 aliphatic carbocycles. The van der Waals surface area contributed by atoms with E-state index in [1.807, 2.05) is 37.5 Å². The van der Waals surface area contributed by atoms with Gasteiger partial charge >= 0.3 is 0 Å². The predicted molar refractivity (Wildman–Crippen MR) is 319 cm³/mol. The summed E-state index contributed by atoms with van der Waals surface area (Å²) >= 11 is 13.0. The lowest BCUT2D eigenvalue weighted by atomic mass is 10.2. The highest BCUT2D eigenvalue weighted by Crippen LogP contribution is 2.13. The molecule has 0 fully saturated rings. The molecule has 0 aliphatic rings. The first-order valence-electron chi connectivity index (χ1n) is 24.6. The van der Waals surface area contributed by atoms with Gasteiger partial charge in [-0.1, -0.05) is 70.8 Å². The van der Waals surface area contributed by atoms with Crippen LogP contribution in [0.2, 0.25) is 0 Å². The molecule has 0 heterocycles. The zero-order chi connectivity index (χ0) is 56.0. The zero-order valence-corrected chi connectivity index (χ0v) is 53.2. The van der Waals surface area contributed by atoms with E-state index in [1.165, 1.54) is 48.5 Å². The van der Waals surface area contributed by atoms with Crippen LogP contribution in [0.3, 0.4) is 0 Å². The molecule has 428 valence electrons. The van der Waals surface area contributed by atoms with Crippen LogP contribution >= 0.6 is 64.6 Å². The lowest BCUT2D eigenvalue weighted by Gasteiger charge is -2.28. The monoisotopic (exact) mass is 1390 g/mol.